The van der Waals surface area contributed by atoms with E-state index in [4.69, 9.17) is 11.6 Å². The summed E-state index contributed by atoms with van der Waals surface area (Å²) in [5, 5.41) is 3.69. The molecule has 0 radical (unpaired) electrons. The molecule has 0 bridgehead atoms. The second-order valence-corrected chi connectivity index (χ2v) is 11.3. The minimum Gasteiger partial charge on any atom is -0.354 e. The summed E-state index contributed by atoms with van der Waals surface area (Å²) in [7, 11) is -0.863. The van der Waals surface area contributed by atoms with Crippen LogP contribution in [0.15, 0.2) is 48.5 Å². The first-order valence-corrected chi connectivity index (χ1v) is 12.9. The van der Waals surface area contributed by atoms with Gasteiger partial charge in [-0.25, -0.2) is 4.31 Å². The Kier molecular flexibility index (Phi) is 8.75. The van der Waals surface area contributed by atoms with E-state index < -0.39 is 10.2 Å². The molecular formula is C24H33ClN4O3S. The highest BCUT2D eigenvalue weighted by atomic mass is 35.5. The highest BCUT2D eigenvalue weighted by Gasteiger charge is 2.28. The molecule has 2 aromatic carbocycles. The fraction of sp³-hybridized carbons (Fsp3) is 0.458. The van der Waals surface area contributed by atoms with E-state index in [1.807, 2.05) is 31.2 Å². The summed E-state index contributed by atoms with van der Waals surface area (Å²) >= 11 is 5.96. The van der Waals surface area contributed by atoms with Crippen molar-refractivity contribution in [2.24, 2.45) is 5.92 Å². The van der Waals surface area contributed by atoms with Crippen LogP contribution in [0.4, 0.5) is 5.69 Å². The van der Waals surface area contributed by atoms with Gasteiger partial charge in [-0.2, -0.15) is 12.7 Å². The van der Waals surface area contributed by atoms with E-state index in [1.54, 1.807) is 12.1 Å². The van der Waals surface area contributed by atoms with Crippen LogP contribution < -0.4 is 9.62 Å². The fourth-order valence-corrected chi connectivity index (χ4v) is 5.04. The maximum Gasteiger partial charge on any atom is 0.304 e. The number of nitrogens with zero attached hydrogens (tertiary/aromatic N) is 3. The van der Waals surface area contributed by atoms with Gasteiger partial charge in [0.1, 0.15) is 6.54 Å². The molecule has 0 unspecified atom stereocenters. The number of amides is 1. The normalized spacial score (nSPS) is 15.5. The van der Waals surface area contributed by atoms with Crippen molar-refractivity contribution >= 4 is 33.4 Å². The quantitative estimate of drug-likeness (QED) is 0.583. The number of benzene rings is 2. The lowest BCUT2D eigenvalue weighted by molar-refractivity contribution is -0.119. The highest BCUT2D eigenvalue weighted by Crippen LogP contribution is 2.21. The first-order chi connectivity index (χ1) is 15.6. The second-order valence-electron chi connectivity index (χ2n) is 8.78. The van der Waals surface area contributed by atoms with Crippen molar-refractivity contribution < 1.29 is 13.2 Å². The first kappa shape index (κ1) is 25.5. The molecule has 7 nitrogen and oxygen atoms in total. The molecule has 1 amide bonds. The van der Waals surface area contributed by atoms with Crippen LogP contribution in [0.3, 0.4) is 0 Å². The number of rotatable bonds is 9. The van der Waals surface area contributed by atoms with Crippen LogP contribution in [-0.2, 0) is 21.5 Å². The summed E-state index contributed by atoms with van der Waals surface area (Å²) < 4.78 is 27.9. The van der Waals surface area contributed by atoms with E-state index in [-0.39, 0.29) is 12.5 Å². The highest BCUT2D eigenvalue weighted by molar-refractivity contribution is 7.90. The number of aryl methyl sites for hydroxylation is 1. The molecule has 0 saturated carbocycles. The molecule has 1 aliphatic rings. The second kappa shape index (κ2) is 11.3. The third-order valence-electron chi connectivity index (χ3n) is 5.96. The van der Waals surface area contributed by atoms with Gasteiger partial charge in [-0.05, 0) is 68.6 Å². The number of carbonyl (C=O) groups excluding carboxylic acids is 1. The van der Waals surface area contributed by atoms with Crippen LogP contribution in [0.5, 0.6) is 0 Å². The van der Waals surface area contributed by atoms with Gasteiger partial charge in [0, 0.05) is 32.2 Å². The number of nitrogens with one attached hydrogen (secondary N) is 1. The lowest BCUT2D eigenvalue weighted by atomic mass is 9.96. The first-order valence-electron chi connectivity index (χ1n) is 11.2. The summed E-state index contributed by atoms with van der Waals surface area (Å²) in [6.07, 6.45) is 1.98. The summed E-state index contributed by atoms with van der Waals surface area (Å²) in [5.74, 6) is 0.0818. The van der Waals surface area contributed by atoms with Crippen molar-refractivity contribution in [1.82, 2.24) is 14.5 Å². The van der Waals surface area contributed by atoms with Gasteiger partial charge in [0.05, 0.1) is 5.69 Å². The largest absolute Gasteiger partial charge is 0.354 e. The van der Waals surface area contributed by atoms with Crippen LogP contribution in [-0.4, -0.2) is 63.8 Å². The van der Waals surface area contributed by atoms with E-state index in [1.165, 1.54) is 19.7 Å². The van der Waals surface area contributed by atoms with Crippen molar-refractivity contribution in [3.8, 4) is 0 Å². The number of halogens is 1. The van der Waals surface area contributed by atoms with Gasteiger partial charge in [0.2, 0.25) is 5.91 Å². The molecule has 9 heteroatoms. The Hall–Kier alpha value is -2.13. The average molecular weight is 493 g/mol. The van der Waals surface area contributed by atoms with E-state index in [0.717, 1.165) is 51.7 Å². The number of piperidine rings is 1. The molecular weight excluding hydrogens is 460 g/mol. The number of likely N-dealkylation sites (tertiary alicyclic amines) is 1. The van der Waals surface area contributed by atoms with Gasteiger partial charge in [-0.1, -0.05) is 41.4 Å². The zero-order chi connectivity index (χ0) is 24.0. The summed E-state index contributed by atoms with van der Waals surface area (Å²) in [6.45, 7) is 5.06. The third kappa shape index (κ3) is 7.17. The predicted molar refractivity (Wildman–Crippen MR) is 134 cm³/mol. The minimum atomic E-state index is -3.79. The van der Waals surface area contributed by atoms with Crippen LogP contribution in [0.1, 0.15) is 24.0 Å². The molecule has 1 fully saturated rings. The maximum atomic E-state index is 12.8. The summed E-state index contributed by atoms with van der Waals surface area (Å²) in [6, 6.07) is 15.0. The molecule has 1 saturated heterocycles. The molecule has 3 rings (SSSR count). The minimum absolute atomic E-state index is 0.251. The maximum absolute atomic E-state index is 12.8. The van der Waals surface area contributed by atoms with Crippen LogP contribution >= 0.6 is 11.6 Å². The lowest BCUT2D eigenvalue weighted by Gasteiger charge is -2.32. The number of hydrogen-bond acceptors (Lipinski definition) is 4. The van der Waals surface area contributed by atoms with Crippen LogP contribution in [0.25, 0.3) is 0 Å². The van der Waals surface area contributed by atoms with E-state index in [2.05, 4.69) is 22.3 Å². The van der Waals surface area contributed by atoms with Gasteiger partial charge < -0.3 is 5.32 Å². The standard InChI is InChI=1S/C24H33ClN4O3S/c1-19-4-10-23(11-5-19)29(33(31,32)27(2)3)18-24(30)26-16-20-12-14-28(15-13-20)17-21-6-8-22(25)9-7-21/h4-11,20H,12-18H2,1-3H3,(H,26,30). The molecule has 1 N–H and O–H groups in total. The Morgan fingerprint density at radius 3 is 2.24 bits per heavy atom. The Bertz CT molecular complexity index is 1020. The third-order valence-corrected chi connectivity index (χ3v) is 8.04. The summed E-state index contributed by atoms with van der Waals surface area (Å²) in [5.41, 5.74) is 2.73. The number of hydrogen-bond donors (Lipinski definition) is 1. The SMILES string of the molecule is Cc1ccc(N(CC(=O)NCC2CCN(Cc3ccc(Cl)cc3)CC2)S(=O)(=O)N(C)C)cc1. The molecule has 1 heterocycles. The molecule has 0 aliphatic carbocycles. The van der Waals surface area contributed by atoms with Crippen molar-refractivity contribution in [3.63, 3.8) is 0 Å². The van der Waals surface area contributed by atoms with Gasteiger partial charge in [-0.15, -0.1) is 0 Å². The molecule has 33 heavy (non-hydrogen) atoms. The Labute approximate surface area is 202 Å². The monoisotopic (exact) mass is 492 g/mol. The Morgan fingerprint density at radius 1 is 1.06 bits per heavy atom. The average Bonchev–Trinajstić information content (AvgIpc) is 2.79. The van der Waals surface area contributed by atoms with Crippen molar-refractivity contribution in [1.29, 1.82) is 0 Å². The van der Waals surface area contributed by atoms with Crippen LogP contribution in [0, 0.1) is 12.8 Å². The molecule has 0 atom stereocenters. The van der Waals surface area contributed by atoms with E-state index >= 15 is 0 Å². The lowest BCUT2D eigenvalue weighted by Crippen LogP contribution is -2.47. The molecule has 0 aromatic heterocycles. The number of anilines is 1. The Morgan fingerprint density at radius 2 is 1.67 bits per heavy atom. The molecule has 2 aromatic rings. The van der Waals surface area contributed by atoms with Gasteiger partial charge in [0.15, 0.2) is 0 Å². The molecule has 0 spiro atoms. The Balaban J connectivity index is 1.51. The van der Waals surface area contributed by atoms with Crippen molar-refractivity contribution in [2.75, 3.05) is 44.6 Å². The van der Waals surface area contributed by atoms with E-state index in [0.29, 0.717) is 18.2 Å². The zero-order valence-electron chi connectivity index (χ0n) is 19.5. The fourth-order valence-electron chi connectivity index (χ4n) is 3.86. The number of carbonyl (C=O) groups is 1. The van der Waals surface area contributed by atoms with Gasteiger partial charge in [-0.3, -0.25) is 9.69 Å². The van der Waals surface area contributed by atoms with Crippen LogP contribution in [0.2, 0.25) is 5.02 Å². The zero-order valence-corrected chi connectivity index (χ0v) is 21.1. The molecule has 180 valence electrons. The van der Waals surface area contributed by atoms with Gasteiger partial charge in [0.25, 0.3) is 0 Å². The summed E-state index contributed by atoms with van der Waals surface area (Å²) in [4.78, 5) is 15.1. The van der Waals surface area contributed by atoms with Crippen molar-refractivity contribution in [3.05, 3.63) is 64.7 Å². The van der Waals surface area contributed by atoms with Gasteiger partial charge >= 0.3 is 10.2 Å². The molecule has 1 aliphatic heterocycles. The topological polar surface area (TPSA) is 73.0 Å². The smallest absolute Gasteiger partial charge is 0.304 e. The van der Waals surface area contributed by atoms with E-state index in [9.17, 15) is 13.2 Å². The predicted octanol–water partition coefficient (Wildman–Crippen LogP) is 3.29. The van der Waals surface area contributed by atoms with Crippen molar-refractivity contribution in [2.45, 2.75) is 26.3 Å².